The van der Waals surface area contributed by atoms with Gasteiger partial charge in [0.25, 0.3) is 0 Å². The van der Waals surface area contributed by atoms with Gasteiger partial charge in [0.05, 0.1) is 18.9 Å². The van der Waals surface area contributed by atoms with Gasteiger partial charge in [-0.05, 0) is 26.2 Å². The first-order chi connectivity index (χ1) is 9.93. The van der Waals surface area contributed by atoms with Crippen molar-refractivity contribution in [3.05, 3.63) is 0 Å². The Labute approximate surface area is 123 Å². The summed E-state index contributed by atoms with van der Waals surface area (Å²) in [5.41, 5.74) is 0. The number of ether oxygens (including phenoxy) is 1. The molecule has 7 heteroatoms. The predicted molar refractivity (Wildman–Crippen MR) is 73.6 cm³/mol. The SMILES string of the molecule is COC(=O)C1CCN(C(=O)N2CCC(C(=O)O)CC2C)C1. The summed E-state index contributed by atoms with van der Waals surface area (Å²) in [7, 11) is 1.35. The molecule has 0 radical (unpaired) electrons. The van der Waals surface area contributed by atoms with Crippen molar-refractivity contribution in [3.63, 3.8) is 0 Å². The molecule has 3 unspecified atom stereocenters. The number of hydrogen-bond acceptors (Lipinski definition) is 4. The molecule has 0 spiro atoms. The third-order valence-corrected chi connectivity index (χ3v) is 4.46. The summed E-state index contributed by atoms with van der Waals surface area (Å²) in [6.07, 6.45) is 1.59. The molecule has 0 aromatic carbocycles. The van der Waals surface area contributed by atoms with E-state index in [1.807, 2.05) is 6.92 Å². The molecule has 2 aliphatic heterocycles. The molecule has 2 amide bonds. The number of hydrogen-bond donors (Lipinski definition) is 1. The van der Waals surface area contributed by atoms with Crippen molar-refractivity contribution in [1.29, 1.82) is 0 Å². The number of likely N-dealkylation sites (tertiary alicyclic amines) is 2. The summed E-state index contributed by atoms with van der Waals surface area (Å²) in [4.78, 5) is 38.4. The van der Waals surface area contributed by atoms with E-state index in [-0.39, 0.29) is 29.9 Å². The largest absolute Gasteiger partial charge is 0.481 e. The highest BCUT2D eigenvalue weighted by Crippen LogP contribution is 2.26. The third-order valence-electron chi connectivity index (χ3n) is 4.46. The van der Waals surface area contributed by atoms with E-state index < -0.39 is 5.97 Å². The molecule has 0 bridgehead atoms. The van der Waals surface area contributed by atoms with Crippen molar-refractivity contribution in [2.45, 2.75) is 32.2 Å². The van der Waals surface area contributed by atoms with Crippen LogP contribution in [0.15, 0.2) is 0 Å². The molecular formula is C14H22N2O5. The molecule has 0 aromatic rings. The Hall–Kier alpha value is -1.79. The fourth-order valence-electron chi connectivity index (χ4n) is 3.16. The van der Waals surface area contributed by atoms with Crippen LogP contribution in [-0.4, -0.2) is 65.7 Å². The van der Waals surface area contributed by atoms with E-state index in [0.29, 0.717) is 38.9 Å². The smallest absolute Gasteiger partial charge is 0.320 e. The molecule has 2 saturated heterocycles. The number of carboxylic acids is 1. The van der Waals surface area contributed by atoms with Gasteiger partial charge in [-0.3, -0.25) is 9.59 Å². The number of carboxylic acid groups (broad SMARTS) is 1. The van der Waals surface area contributed by atoms with Crippen LogP contribution in [0.5, 0.6) is 0 Å². The lowest BCUT2D eigenvalue weighted by Crippen LogP contribution is -2.51. The highest BCUT2D eigenvalue weighted by atomic mass is 16.5. The molecule has 0 saturated carbocycles. The molecule has 3 atom stereocenters. The van der Waals surface area contributed by atoms with Crippen molar-refractivity contribution < 1.29 is 24.2 Å². The molecule has 1 N–H and O–H groups in total. The maximum atomic E-state index is 12.5. The normalized spacial score (nSPS) is 29.3. The highest BCUT2D eigenvalue weighted by molar-refractivity contribution is 5.79. The third kappa shape index (κ3) is 3.28. The Morgan fingerprint density at radius 2 is 1.81 bits per heavy atom. The minimum Gasteiger partial charge on any atom is -0.481 e. The number of rotatable bonds is 2. The van der Waals surface area contributed by atoms with Crippen LogP contribution in [0.2, 0.25) is 0 Å². The fraction of sp³-hybridized carbons (Fsp3) is 0.786. The van der Waals surface area contributed by atoms with E-state index in [1.165, 1.54) is 7.11 Å². The Morgan fingerprint density at radius 3 is 2.38 bits per heavy atom. The van der Waals surface area contributed by atoms with E-state index in [1.54, 1.807) is 9.80 Å². The molecule has 2 rings (SSSR count). The molecule has 2 aliphatic rings. The second kappa shape index (κ2) is 6.32. The first-order valence-corrected chi connectivity index (χ1v) is 7.30. The maximum Gasteiger partial charge on any atom is 0.320 e. The lowest BCUT2D eigenvalue weighted by atomic mass is 9.92. The van der Waals surface area contributed by atoms with E-state index in [0.717, 1.165) is 0 Å². The number of amides is 2. The van der Waals surface area contributed by atoms with Gasteiger partial charge in [0.15, 0.2) is 0 Å². The number of carbonyl (C=O) groups excluding carboxylic acids is 2. The van der Waals surface area contributed by atoms with Gasteiger partial charge in [-0.25, -0.2) is 4.79 Å². The zero-order valence-corrected chi connectivity index (χ0v) is 12.4. The first-order valence-electron chi connectivity index (χ1n) is 7.30. The monoisotopic (exact) mass is 298 g/mol. The van der Waals surface area contributed by atoms with E-state index in [9.17, 15) is 14.4 Å². The Kier molecular flexibility index (Phi) is 4.69. The number of urea groups is 1. The summed E-state index contributed by atoms with van der Waals surface area (Å²) in [5.74, 6) is -1.68. The van der Waals surface area contributed by atoms with Gasteiger partial charge < -0.3 is 19.6 Å². The number of aliphatic carboxylic acids is 1. The van der Waals surface area contributed by atoms with Crippen LogP contribution in [0.3, 0.4) is 0 Å². The number of esters is 1. The fourth-order valence-corrected chi connectivity index (χ4v) is 3.16. The molecule has 0 aliphatic carbocycles. The predicted octanol–water partition coefficient (Wildman–Crippen LogP) is 0.786. The van der Waals surface area contributed by atoms with Crippen molar-refractivity contribution in [2.75, 3.05) is 26.7 Å². The molecule has 0 aromatic heterocycles. The van der Waals surface area contributed by atoms with Crippen LogP contribution in [0.1, 0.15) is 26.2 Å². The molecule has 2 heterocycles. The summed E-state index contributed by atoms with van der Waals surface area (Å²) in [6.45, 7) is 3.26. The van der Waals surface area contributed by atoms with Gasteiger partial charge in [-0.2, -0.15) is 0 Å². The number of methoxy groups -OCH3 is 1. The van der Waals surface area contributed by atoms with Gasteiger partial charge in [0.2, 0.25) is 0 Å². The van der Waals surface area contributed by atoms with E-state index >= 15 is 0 Å². The number of piperidine rings is 1. The second-order valence-corrected chi connectivity index (χ2v) is 5.84. The molecule has 7 nitrogen and oxygen atoms in total. The van der Waals surface area contributed by atoms with Crippen LogP contribution in [-0.2, 0) is 14.3 Å². The minimum absolute atomic E-state index is 0.0930. The number of nitrogens with zero attached hydrogens (tertiary/aromatic N) is 2. The summed E-state index contributed by atoms with van der Waals surface area (Å²) in [6, 6.07) is -0.192. The zero-order chi connectivity index (χ0) is 15.6. The van der Waals surface area contributed by atoms with Crippen LogP contribution < -0.4 is 0 Å². The maximum absolute atomic E-state index is 12.5. The molecule has 118 valence electrons. The molecule has 2 fully saturated rings. The van der Waals surface area contributed by atoms with Gasteiger partial charge >= 0.3 is 18.0 Å². The van der Waals surface area contributed by atoms with Crippen molar-refractivity contribution >= 4 is 18.0 Å². The van der Waals surface area contributed by atoms with Crippen LogP contribution in [0, 0.1) is 11.8 Å². The Bertz CT molecular complexity index is 439. The van der Waals surface area contributed by atoms with Crippen LogP contribution in [0.25, 0.3) is 0 Å². The summed E-state index contributed by atoms with van der Waals surface area (Å²) < 4.78 is 4.71. The highest BCUT2D eigenvalue weighted by Gasteiger charge is 2.38. The second-order valence-electron chi connectivity index (χ2n) is 5.84. The molecular weight excluding hydrogens is 276 g/mol. The van der Waals surface area contributed by atoms with Crippen molar-refractivity contribution in [3.8, 4) is 0 Å². The summed E-state index contributed by atoms with van der Waals surface area (Å²) >= 11 is 0. The quantitative estimate of drug-likeness (QED) is 0.761. The topological polar surface area (TPSA) is 87.2 Å². The number of carbonyl (C=O) groups is 3. The molecule has 21 heavy (non-hydrogen) atoms. The zero-order valence-electron chi connectivity index (χ0n) is 12.4. The first kappa shape index (κ1) is 15.6. The average Bonchev–Trinajstić information content (AvgIpc) is 2.95. The van der Waals surface area contributed by atoms with Crippen LogP contribution in [0.4, 0.5) is 4.79 Å². The Morgan fingerprint density at radius 1 is 1.14 bits per heavy atom. The van der Waals surface area contributed by atoms with Crippen molar-refractivity contribution in [2.24, 2.45) is 11.8 Å². The Balaban J connectivity index is 1.92. The van der Waals surface area contributed by atoms with E-state index in [2.05, 4.69) is 0 Å². The van der Waals surface area contributed by atoms with Crippen molar-refractivity contribution in [1.82, 2.24) is 9.80 Å². The van der Waals surface area contributed by atoms with Gasteiger partial charge in [0, 0.05) is 25.7 Å². The van der Waals surface area contributed by atoms with Gasteiger partial charge in [-0.1, -0.05) is 0 Å². The van der Waals surface area contributed by atoms with Crippen LogP contribution >= 0.6 is 0 Å². The lowest BCUT2D eigenvalue weighted by molar-refractivity contribution is -0.145. The standard InChI is InChI=1S/C14H22N2O5/c1-9-7-10(12(17)18)4-6-16(9)14(20)15-5-3-11(8-15)13(19)21-2/h9-11H,3-8H2,1-2H3,(H,17,18). The van der Waals surface area contributed by atoms with Gasteiger partial charge in [0.1, 0.15) is 0 Å². The average molecular weight is 298 g/mol. The summed E-state index contributed by atoms with van der Waals surface area (Å²) in [5, 5.41) is 9.05. The minimum atomic E-state index is -0.791. The van der Waals surface area contributed by atoms with E-state index in [4.69, 9.17) is 9.84 Å². The van der Waals surface area contributed by atoms with Gasteiger partial charge in [-0.15, -0.1) is 0 Å². The lowest BCUT2D eigenvalue weighted by Gasteiger charge is -2.38.